The first kappa shape index (κ1) is 86.2. The van der Waals surface area contributed by atoms with E-state index in [0.29, 0.717) is 23.9 Å². The summed E-state index contributed by atoms with van der Waals surface area (Å²) in [7, 11) is 5.98. The quantitative estimate of drug-likeness (QED) is 0.0211. The van der Waals surface area contributed by atoms with Crippen molar-refractivity contribution in [1.82, 2.24) is 0 Å². The molecule has 9 nitrogen and oxygen atoms in total. The second-order valence-corrected chi connectivity index (χ2v) is 25.5. The Morgan fingerprint density at radius 3 is 0.879 bits per heavy atom. The van der Waals surface area contributed by atoms with Crippen molar-refractivity contribution in [2.75, 3.05) is 47.5 Å². The van der Waals surface area contributed by atoms with Crippen LogP contribution >= 0.6 is 0 Å². The zero-order chi connectivity index (χ0) is 66.1. The number of nitrogens with zero attached hydrogens (tertiary/aromatic N) is 1. The molecule has 0 radical (unpaired) electrons. The van der Waals surface area contributed by atoms with Crippen molar-refractivity contribution in [1.29, 1.82) is 0 Å². The van der Waals surface area contributed by atoms with Crippen molar-refractivity contribution >= 4 is 17.9 Å². The number of esters is 2. The van der Waals surface area contributed by atoms with Crippen molar-refractivity contribution in [2.24, 2.45) is 0 Å². The summed E-state index contributed by atoms with van der Waals surface area (Å²) in [6.07, 6.45) is 101. The minimum Gasteiger partial charge on any atom is -0.477 e. The van der Waals surface area contributed by atoms with E-state index in [-0.39, 0.29) is 32.2 Å². The summed E-state index contributed by atoms with van der Waals surface area (Å²) in [5, 5.41) is 9.76. The van der Waals surface area contributed by atoms with Crippen LogP contribution in [0.25, 0.3) is 0 Å². The molecule has 9 heteroatoms. The smallest absolute Gasteiger partial charge is 0.361 e. The SMILES string of the molecule is CC/C=C\C/C=C\C/C=C\C/C=C\C/C=C\C/C=C\C/C=C\C/C=C\CCCCCCCCCCCCCCCCC(=O)OC(COC(=O)CCCCCCCCCCCCCCCC/C=C\C/C=C\C/C=C\C/C=C\CC)COC(OCC[N+](C)(C)C)C(=O)O. The molecule has 0 saturated carbocycles. The summed E-state index contributed by atoms with van der Waals surface area (Å²) in [5.74, 6) is -2.01. The Hall–Kier alpha value is -4.83. The monoisotopic (exact) mass is 1270 g/mol. The van der Waals surface area contributed by atoms with E-state index in [9.17, 15) is 19.5 Å². The summed E-state index contributed by atoms with van der Waals surface area (Å²) < 4.78 is 23.0. The number of quaternary nitrogens is 1. The molecule has 0 aromatic heterocycles. The minimum atomic E-state index is -1.52. The van der Waals surface area contributed by atoms with Crippen molar-refractivity contribution in [3.05, 3.63) is 146 Å². The van der Waals surface area contributed by atoms with Crippen LogP contribution in [0, 0.1) is 0 Å². The lowest BCUT2D eigenvalue weighted by molar-refractivity contribution is -0.870. The molecule has 2 atom stereocenters. The largest absolute Gasteiger partial charge is 0.477 e. The first-order valence-electron chi connectivity index (χ1n) is 37.0. The Bertz CT molecular complexity index is 2010. The van der Waals surface area contributed by atoms with E-state index in [1.54, 1.807) is 0 Å². The van der Waals surface area contributed by atoms with Crippen molar-refractivity contribution in [3.63, 3.8) is 0 Å². The predicted molar refractivity (Wildman–Crippen MR) is 391 cm³/mol. The molecule has 0 fully saturated rings. The van der Waals surface area contributed by atoms with Gasteiger partial charge in [-0.2, -0.15) is 0 Å². The van der Waals surface area contributed by atoms with Gasteiger partial charge in [-0.05, 0) is 116 Å². The standard InChI is InChI=1S/C82H137NO8/c1-6-8-10-12-14-16-18-20-22-24-26-28-30-32-34-35-36-37-38-39-40-41-42-43-44-45-47-49-51-53-55-57-59-61-63-65-67-69-71-73-80(85)91-78(77-90-82(81(86)87)88-75-74-83(3,4)5)76-89-79(84)72-70-68-66-64-62-60-58-56-54-52-50-48-46-33-31-29-27-25-23-21-19-17-15-13-11-9-7-2/h8-11,14-17,20-23,26-29,32,34,36-37,39-40,42-43,78,82H,6-7,12-13,18-19,24-25,30-31,33,35,38,41,44-77H2,1-5H3/p+1/b10-8-,11-9-,16-14-,17-15-,22-20-,23-21-,28-26-,29-27-,34-32-,37-36-,40-39-,43-42-. The average Bonchev–Trinajstić information content (AvgIpc) is 3.46. The first-order chi connectivity index (χ1) is 44.6. The molecule has 0 amide bonds. The molecule has 0 aromatic rings. The van der Waals surface area contributed by atoms with Crippen LogP contribution in [-0.4, -0.2) is 87.4 Å². The van der Waals surface area contributed by atoms with Gasteiger partial charge < -0.3 is 28.5 Å². The molecular weight excluding hydrogens is 1130 g/mol. The molecule has 0 aromatic carbocycles. The number of carboxylic acid groups (broad SMARTS) is 1. The summed E-state index contributed by atoms with van der Waals surface area (Å²) in [6, 6.07) is 0. The van der Waals surface area contributed by atoms with E-state index < -0.39 is 24.3 Å². The zero-order valence-corrected chi connectivity index (χ0v) is 59.2. The number of carboxylic acids is 1. The number of allylic oxidation sites excluding steroid dienone is 24. The van der Waals surface area contributed by atoms with Gasteiger partial charge in [0.1, 0.15) is 13.2 Å². The van der Waals surface area contributed by atoms with Gasteiger partial charge in [0.2, 0.25) is 0 Å². The van der Waals surface area contributed by atoms with Gasteiger partial charge in [0.15, 0.2) is 6.10 Å². The Kier molecular flexibility index (Phi) is 67.3. The van der Waals surface area contributed by atoms with Crippen molar-refractivity contribution in [3.8, 4) is 0 Å². The maximum absolute atomic E-state index is 13.0. The highest BCUT2D eigenvalue weighted by atomic mass is 16.7. The molecule has 91 heavy (non-hydrogen) atoms. The van der Waals surface area contributed by atoms with E-state index in [4.69, 9.17) is 18.9 Å². The van der Waals surface area contributed by atoms with Crippen molar-refractivity contribution in [2.45, 2.75) is 309 Å². The molecule has 0 aliphatic carbocycles. The Labute approximate surface area is 560 Å². The fourth-order valence-electron chi connectivity index (χ4n) is 10.0. The average molecular weight is 1270 g/mol. The maximum Gasteiger partial charge on any atom is 0.361 e. The Morgan fingerprint density at radius 2 is 0.593 bits per heavy atom. The fourth-order valence-corrected chi connectivity index (χ4v) is 10.0. The molecule has 518 valence electrons. The van der Waals surface area contributed by atoms with Crippen LogP contribution in [0.1, 0.15) is 296 Å². The number of carbonyl (C=O) groups excluding carboxylic acids is 2. The number of aliphatic carboxylic acids is 1. The van der Waals surface area contributed by atoms with Gasteiger partial charge >= 0.3 is 17.9 Å². The number of carbonyl (C=O) groups is 3. The normalized spacial score (nSPS) is 13.5. The third-order valence-corrected chi connectivity index (χ3v) is 15.6. The number of unbranched alkanes of at least 4 members (excludes halogenated alkanes) is 28. The van der Waals surface area contributed by atoms with Gasteiger partial charge in [-0.15, -0.1) is 0 Å². The molecule has 0 spiro atoms. The van der Waals surface area contributed by atoms with E-state index in [2.05, 4.69) is 160 Å². The van der Waals surface area contributed by atoms with Crippen LogP contribution in [0.15, 0.2) is 146 Å². The highest BCUT2D eigenvalue weighted by Crippen LogP contribution is 2.17. The maximum atomic E-state index is 13.0. The molecule has 2 unspecified atom stereocenters. The number of ether oxygens (including phenoxy) is 4. The minimum absolute atomic E-state index is 0.183. The summed E-state index contributed by atoms with van der Waals surface area (Å²) in [6.45, 7) is 4.66. The Balaban J connectivity index is 4.10. The molecular formula is C82H138NO8+. The number of hydrogen-bond donors (Lipinski definition) is 1. The number of hydrogen-bond acceptors (Lipinski definition) is 7. The molecule has 0 saturated heterocycles. The summed E-state index contributed by atoms with van der Waals surface area (Å²) >= 11 is 0. The lowest BCUT2D eigenvalue weighted by Gasteiger charge is -2.25. The molecule has 0 aliphatic rings. The van der Waals surface area contributed by atoms with Crippen LogP contribution < -0.4 is 0 Å². The summed E-state index contributed by atoms with van der Waals surface area (Å²) in [5.41, 5.74) is 0. The summed E-state index contributed by atoms with van der Waals surface area (Å²) in [4.78, 5) is 37.7. The van der Waals surface area contributed by atoms with Crippen LogP contribution in [0.5, 0.6) is 0 Å². The lowest BCUT2D eigenvalue weighted by atomic mass is 10.0. The van der Waals surface area contributed by atoms with E-state index in [1.807, 2.05) is 21.1 Å². The highest BCUT2D eigenvalue weighted by molar-refractivity contribution is 5.71. The van der Waals surface area contributed by atoms with Crippen LogP contribution in [0.2, 0.25) is 0 Å². The van der Waals surface area contributed by atoms with Crippen LogP contribution in [0.3, 0.4) is 0 Å². The number of likely N-dealkylation sites (N-methyl/N-ethyl adjacent to an activating group) is 1. The topological polar surface area (TPSA) is 108 Å². The molecule has 0 rings (SSSR count). The van der Waals surface area contributed by atoms with Gasteiger partial charge in [0, 0.05) is 12.8 Å². The molecule has 0 heterocycles. The van der Waals surface area contributed by atoms with Crippen LogP contribution in [-0.2, 0) is 33.3 Å². The third-order valence-electron chi connectivity index (χ3n) is 15.6. The van der Waals surface area contributed by atoms with Gasteiger partial charge in [0.05, 0.1) is 34.4 Å². The van der Waals surface area contributed by atoms with Gasteiger partial charge in [-0.25, -0.2) is 4.79 Å². The zero-order valence-electron chi connectivity index (χ0n) is 59.2. The highest BCUT2D eigenvalue weighted by Gasteiger charge is 2.25. The van der Waals surface area contributed by atoms with E-state index >= 15 is 0 Å². The molecule has 0 bridgehead atoms. The predicted octanol–water partition coefficient (Wildman–Crippen LogP) is 23.5. The van der Waals surface area contributed by atoms with E-state index in [0.717, 1.165) is 116 Å². The number of rotatable bonds is 67. The van der Waals surface area contributed by atoms with Crippen LogP contribution in [0.4, 0.5) is 0 Å². The first-order valence-corrected chi connectivity index (χ1v) is 37.0. The van der Waals surface area contributed by atoms with Gasteiger partial charge in [0.25, 0.3) is 6.29 Å². The van der Waals surface area contributed by atoms with E-state index in [1.165, 1.54) is 148 Å². The van der Waals surface area contributed by atoms with Gasteiger partial charge in [-0.3, -0.25) is 9.59 Å². The van der Waals surface area contributed by atoms with Gasteiger partial charge in [-0.1, -0.05) is 314 Å². The molecule has 1 N–H and O–H groups in total. The van der Waals surface area contributed by atoms with Crippen molar-refractivity contribution < 1.29 is 42.9 Å². The third kappa shape index (κ3) is 72.5. The Morgan fingerprint density at radius 1 is 0.330 bits per heavy atom. The lowest BCUT2D eigenvalue weighted by Crippen LogP contribution is -2.40. The second-order valence-electron chi connectivity index (χ2n) is 25.5. The fraction of sp³-hybridized carbons (Fsp3) is 0.671. The second kappa shape index (κ2) is 71.0. The molecule has 0 aliphatic heterocycles.